The van der Waals surface area contributed by atoms with Crippen LogP contribution in [-0.2, 0) is 31.0 Å². The van der Waals surface area contributed by atoms with Crippen LogP contribution in [0.3, 0.4) is 0 Å². The summed E-state index contributed by atoms with van der Waals surface area (Å²) >= 11 is 0. The Hall–Kier alpha value is -2.46. The summed E-state index contributed by atoms with van der Waals surface area (Å²) in [5, 5.41) is 0.890. The van der Waals surface area contributed by atoms with E-state index in [2.05, 4.69) is 0 Å². The number of carbonyl (C=O) groups is 1. The third-order valence-corrected chi connectivity index (χ3v) is 8.72. The number of hydroxylamine groups is 2. The van der Waals surface area contributed by atoms with Crippen molar-refractivity contribution in [2.75, 3.05) is 33.4 Å². The third-order valence-electron chi connectivity index (χ3n) is 6.47. The van der Waals surface area contributed by atoms with Gasteiger partial charge in [0.15, 0.2) is 0 Å². The quantitative estimate of drug-likeness (QED) is 0.528. The molecule has 2 atom stereocenters. The molecule has 2 saturated heterocycles. The number of rotatable bonds is 8. The number of esters is 1. The summed E-state index contributed by atoms with van der Waals surface area (Å²) in [7, 11) is -1.87. The fraction of sp³-hybridized carbons (Fsp3) is 0.480. The van der Waals surface area contributed by atoms with E-state index in [0.717, 1.165) is 16.9 Å². The normalized spacial score (nSPS) is 22.5. The second-order valence-corrected chi connectivity index (χ2v) is 10.8. The van der Waals surface area contributed by atoms with Crippen LogP contribution < -0.4 is 4.74 Å². The maximum atomic E-state index is 13.5. The molecule has 2 aromatic rings. The molecule has 2 aliphatic heterocycles. The molecule has 4 rings (SSSR count). The van der Waals surface area contributed by atoms with Crippen molar-refractivity contribution in [1.82, 2.24) is 9.37 Å². The minimum Gasteiger partial charge on any atom is -0.489 e. The van der Waals surface area contributed by atoms with Crippen LogP contribution >= 0.6 is 0 Å². The van der Waals surface area contributed by atoms with E-state index in [4.69, 9.17) is 14.3 Å². The number of hydrogen-bond donors (Lipinski definition) is 0. The summed E-state index contributed by atoms with van der Waals surface area (Å²) in [6, 6.07) is 17.0. The standard InChI is InChI=1S/C25H32N2O6S/c1-3-31-25(28)21-13-15-27(16-14-21)34(29,30)23-18-33-26(2)24(23)20-9-11-22(12-10-20)32-17-19-7-5-4-6-8-19/h4-12,21,23-24H,3,13-18H2,1-2H3/t23-,24-/m1/s1. The molecule has 0 aliphatic carbocycles. The third kappa shape index (κ3) is 5.43. The minimum atomic E-state index is -3.63. The van der Waals surface area contributed by atoms with Crippen LogP contribution in [0.5, 0.6) is 5.75 Å². The minimum absolute atomic E-state index is 0.0908. The Morgan fingerprint density at radius 2 is 1.74 bits per heavy atom. The van der Waals surface area contributed by atoms with Gasteiger partial charge in [0.05, 0.1) is 25.2 Å². The van der Waals surface area contributed by atoms with Crippen LogP contribution in [0.25, 0.3) is 0 Å². The van der Waals surface area contributed by atoms with Gasteiger partial charge in [-0.25, -0.2) is 12.7 Å². The summed E-state index contributed by atoms with van der Waals surface area (Å²) in [4.78, 5) is 17.7. The molecule has 9 heteroatoms. The molecule has 34 heavy (non-hydrogen) atoms. The lowest BCUT2D eigenvalue weighted by Gasteiger charge is -2.33. The maximum absolute atomic E-state index is 13.5. The Morgan fingerprint density at radius 3 is 2.38 bits per heavy atom. The van der Waals surface area contributed by atoms with E-state index in [1.165, 1.54) is 4.31 Å². The summed E-state index contributed by atoms with van der Waals surface area (Å²) in [6.45, 7) is 3.28. The van der Waals surface area contributed by atoms with Crippen LogP contribution in [0, 0.1) is 5.92 Å². The van der Waals surface area contributed by atoms with Crippen LogP contribution in [0.4, 0.5) is 0 Å². The molecule has 2 fully saturated rings. The first-order valence-corrected chi connectivity index (χ1v) is 13.2. The highest BCUT2D eigenvalue weighted by molar-refractivity contribution is 7.89. The van der Waals surface area contributed by atoms with E-state index in [-0.39, 0.29) is 18.5 Å². The first kappa shape index (κ1) is 24.7. The van der Waals surface area contributed by atoms with Crippen molar-refractivity contribution < 1.29 is 27.5 Å². The van der Waals surface area contributed by atoms with Crippen molar-refractivity contribution in [1.29, 1.82) is 0 Å². The summed E-state index contributed by atoms with van der Waals surface area (Å²) in [6.07, 6.45) is 0.944. The molecule has 0 aromatic heterocycles. The van der Waals surface area contributed by atoms with Crippen molar-refractivity contribution >= 4 is 16.0 Å². The average molecular weight is 489 g/mol. The molecular formula is C25H32N2O6S. The molecule has 0 bridgehead atoms. The Bertz CT molecular complexity index is 1050. The lowest BCUT2D eigenvalue weighted by atomic mass is 9.98. The zero-order valence-corrected chi connectivity index (χ0v) is 20.4. The van der Waals surface area contributed by atoms with Gasteiger partial charge >= 0.3 is 5.97 Å². The van der Waals surface area contributed by atoms with E-state index in [1.807, 2.05) is 54.6 Å². The zero-order chi connectivity index (χ0) is 24.1. The van der Waals surface area contributed by atoms with Crippen LogP contribution in [0.15, 0.2) is 54.6 Å². The molecule has 2 heterocycles. The number of hydrogen-bond acceptors (Lipinski definition) is 7. The zero-order valence-electron chi connectivity index (χ0n) is 19.6. The highest BCUT2D eigenvalue weighted by Gasteiger charge is 2.46. The first-order chi connectivity index (χ1) is 16.4. The van der Waals surface area contributed by atoms with Crippen LogP contribution in [0.1, 0.15) is 36.9 Å². The van der Waals surface area contributed by atoms with Gasteiger partial charge in [-0.15, -0.1) is 0 Å². The van der Waals surface area contributed by atoms with Gasteiger partial charge in [0.25, 0.3) is 0 Å². The highest BCUT2D eigenvalue weighted by Crippen LogP contribution is 2.36. The smallest absolute Gasteiger partial charge is 0.309 e. The van der Waals surface area contributed by atoms with Crippen molar-refractivity contribution in [3.63, 3.8) is 0 Å². The number of nitrogens with zero attached hydrogens (tertiary/aromatic N) is 2. The fourth-order valence-corrected chi connectivity index (χ4v) is 6.56. The molecule has 0 amide bonds. The van der Waals surface area contributed by atoms with Crippen molar-refractivity contribution in [2.45, 2.75) is 37.7 Å². The molecule has 0 unspecified atom stereocenters. The molecule has 0 saturated carbocycles. The van der Waals surface area contributed by atoms with Crippen LogP contribution in [0.2, 0.25) is 0 Å². The lowest BCUT2D eigenvalue weighted by molar-refractivity contribution is -0.149. The molecule has 2 aromatic carbocycles. The van der Waals surface area contributed by atoms with Gasteiger partial charge < -0.3 is 9.47 Å². The van der Waals surface area contributed by atoms with Gasteiger partial charge in [-0.2, -0.15) is 5.06 Å². The van der Waals surface area contributed by atoms with Crippen molar-refractivity contribution in [2.24, 2.45) is 5.92 Å². The van der Waals surface area contributed by atoms with E-state index in [1.54, 1.807) is 19.0 Å². The van der Waals surface area contributed by atoms with E-state index < -0.39 is 21.3 Å². The Labute approximate surface area is 201 Å². The van der Waals surface area contributed by atoms with E-state index >= 15 is 0 Å². The lowest BCUT2D eigenvalue weighted by Crippen LogP contribution is -2.46. The van der Waals surface area contributed by atoms with E-state index in [9.17, 15) is 13.2 Å². The molecule has 184 valence electrons. The SMILES string of the molecule is CCOC(=O)C1CCN(S(=O)(=O)[C@@H]2CON(C)[C@@H]2c2ccc(OCc3ccccc3)cc2)CC1. The summed E-state index contributed by atoms with van der Waals surface area (Å²) in [5.41, 5.74) is 1.93. The molecule has 0 spiro atoms. The topological polar surface area (TPSA) is 85.4 Å². The van der Waals surface area contributed by atoms with Gasteiger partial charge in [-0.1, -0.05) is 42.5 Å². The largest absolute Gasteiger partial charge is 0.489 e. The Kier molecular flexibility index (Phi) is 7.88. The fourth-order valence-electron chi connectivity index (χ4n) is 4.57. The van der Waals surface area contributed by atoms with Gasteiger partial charge in [0.1, 0.15) is 17.6 Å². The predicted octanol–water partition coefficient (Wildman–Crippen LogP) is 3.16. The highest BCUT2D eigenvalue weighted by atomic mass is 32.2. The molecule has 8 nitrogen and oxygen atoms in total. The maximum Gasteiger partial charge on any atom is 0.309 e. The number of ether oxygens (including phenoxy) is 2. The molecule has 0 radical (unpaired) electrons. The second kappa shape index (κ2) is 10.9. The van der Waals surface area contributed by atoms with E-state index in [0.29, 0.717) is 39.1 Å². The summed E-state index contributed by atoms with van der Waals surface area (Å²) in [5.74, 6) is 0.235. The summed E-state index contributed by atoms with van der Waals surface area (Å²) < 4.78 is 39.5. The van der Waals surface area contributed by atoms with Gasteiger partial charge in [-0.05, 0) is 43.0 Å². The van der Waals surface area contributed by atoms with Gasteiger partial charge in [-0.3, -0.25) is 9.63 Å². The van der Waals surface area contributed by atoms with Crippen molar-refractivity contribution in [3.8, 4) is 5.75 Å². The predicted molar refractivity (Wildman–Crippen MR) is 127 cm³/mol. The van der Waals surface area contributed by atoms with Crippen molar-refractivity contribution in [3.05, 3.63) is 65.7 Å². The van der Waals surface area contributed by atoms with Crippen LogP contribution in [-0.4, -0.2) is 62.4 Å². The Morgan fingerprint density at radius 1 is 1.06 bits per heavy atom. The van der Waals surface area contributed by atoms with Gasteiger partial charge in [0.2, 0.25) is 10.0 Å². The number of sulfonamides is 1. The average Bonchev–Trinajstić information content (AvgIpc) is 3.26. The number of benzene rings is 2. The number of piperidine rings is 1. The molecule has 2 aliphatic rings. The molecular weight excluding hydrogens is 456 g/mol. The first-order valence-electron chi connectivity index (χ1n) is 11.7. The second-order valence-electron chi connectivity index (χ2n) is 8.64. The monoisotopic (exact) mass is 488 g/mol. The Balaban J connectivity index is 1.42. The molecule has 0 N–H and O–H groups in total. The van der Waals surface area contributed by atoms with Gasteiger partial charge in [0, 0.05) is 20.1 Å². The number of carbonyl (C=O) groups excluding carboxylic acids is 1.